The van der Waals surface area contributed by atoms with Crippen molar-refractivity contribution >= 4 is 17.9 Å². The standard InChI is InChI=1S/C20H20N6O5/c27-17(25-30)8-5-14-3-6-15(7-4-14)31-12-2-9-21-18(28)16-13-22-20(24-19(16)29)26-11-1-10-23-26/h1,3-8,10-11,13,30H,2,9,12H2,(H,21,28)(H,25,27)(H,22,24,29)/b8-5+. The molecule has 0 fully saturated rings. The molecule has 0 bridgehead atoms. The van der Waals surface area contributed by atoms with Crippen molar-refractivity contribution in [2.45, 2.75) is 6.42 Å². The van der Waals surface area contributed by atoms with Crippen molar-refractivity contribution in [2.24, 2.45) is 0 Å². The molecule has 160 valence electrons. The summed E-state index contributed by atoms with van der Waals surface area (Å²) in [6.45, 7) is 0.672. The van der Waals surface area contributed by atoms with Crippen molar-refractivity contribution in [1.29, 1.82) is 0 Å². The van der Waals surface area contributed by atoms with Crippen LogP contribution in [0.15, 0.2) is 59.8 Å². The van der Waals surface area contributed by atoms with Gasteiger partial charge in [0.15, 0.2) is 0 Å². The average Bonchev–Trinajstić information content (AvgIpc) is 3.33. The second-order valence-corrected chi connectivity index (χ2v) is 6.24. The fourth-order valence-corrected chi connectivity index (χ4v) is 2.50. The Balaban J connectivity index is 1.42. The van der Waals surface area contributed by atoms with Crippen LogP contribution in [0.2, 0.25) is 0 Å². The van der Waals surface area contributed by atoms with Gasteiger partial charge in [0.2, 0.25) is 5.95 Å². The van der Waals surface area contributed by atoms with E-state index >= 15 is 0 Å². The number of carbonyl (C=O) groups excluding carboxylic acids is 2. The average molecular weight is 424 g/mol. The van der Waals surface area contributed by atoms with Gasteiger partial charge in [0, 0.05) is 31.2 Å². The number of H-pyrrole nitrogens is 1. The van der Waals surface area contributed by atoms with Gasteiger partial charge in [-0.3, -0.25) is 24.6 Å². The predicted molar refractivity (Wildman–Crippen MR) is 110 cm³/mol. The minimum Gasteiger partial charge on any atom is -0.494 e. The number of nitrogens with zero attached hydrogens (tertiary/aromatic N) is 3. The van der Waals surface area contributed by atoms with Crippen molar-refractivity contribution in [3.63, 3.8) is 0 Å². The minimum absolute atomic E-state index is 0.0876. The van der Waals surface area contributed by atoms with Crippen LogP contribution in [-0.2, 0) is 4.79 Å². The van der Waals surface area contributed by atoms with Gasteiger partial charge in [0.05, 0.1) is 6.61 Å². The first-order chi connectivity index (χ1) is 15.1. The molecule has 0 radical (unpaired) electrons. The van der Waals surface area contributed by atoms with E-state index in [0.717, 1.165) is 5.56 Å². The molecule has 11 nitrogen and oxygen atoms in total. The van der Waals surface area contributed by atoms with Crippen LogP contribution in [0.3, 0.4) is 0 Å². The number of rotatable bonds is 9. The Morgan fingerprint density at radius 3 is 2.74 bits per heavy atom. The van der Waals surface area contributed by atoms with Crippen LogP contribution in [0.1, 0.15) is 22.3 Å². The first-order valence-corrected chi connectivity index (χ1v) is 9.29. The lowest BCUT2D eigenvalue weighted by Gasteiger charge is -2.08. The molecular formula is C20H20N6O5. The van der Waals surface area contributed by atoms with E-state index in [0.29, 0.717) is 25.3 Å². The minimum atomic E-state index is -0.617. The molecule has 0 saturated carbocycles. The highest BCUT2D eigenvalue weighted by molar-refractivity contribution is 5.93. The molecule has 31 heavy (non-hydrogen) atoms. The molecule has 2 aromatic heterocycles. The first-order valence-electron chi connectivity index (χ1n) is 9.29. The molecule has 0 aliphatic heterocycles. The normalized spacial score (nSPS) is 10.7. The van der Waals surface area contributed by atoms with E-state index < -0.39 is 17.4 Å². The van der Waals surface area contributed by atoms with Gasteiger partial charge in [0.25, 0.3) is 17.4 Å². The number of aromatic amines is 1. The third-order valence-corrected chi connectivity index (χ3v) is 4.04. The molecule has 2 amide bonds. The van der Waals surface area contributed by atoms with E-state index in [2.05, 4.69) is 20.4 Å². The SMILES string of the molecule is O=C(/C=C/c1ccc(OCCCNC(=O)c2cnc(-n3cccn3)[nH]c2=O)cc1)NO. The summed E-state index contributed by atoms with van der Waals surface area (Å²) in [5.74, 6) is -0.291. The summed E-state index contributed by atoms with van der Waals surface area (Å²) in [5.41, 5.74) is 1.63. The lowest BCUT2D eigenvalue weighted by atomic mass is 10.2. The van der Waals surface area contributed by atoms with Gasteiger partial charge in [-0.25, -0.2) is 15.1 Å². The summed E-state index contributed by atoms with van der Waals surface area (Å²) < 4.78 is 6.98. The number of amides is 2. The summed E-state index contributed by atoms with van der Waals surface area (Å²) in [5, 5.41) is 15.1. The Labute approximate surface area is 176 Å². The molecular weight excluding hydrogens is 404 g/mol. The zero-order valence-electron chi connectivity index (χ0n) is 16.3. The number of aromatic nitrogens is 4. The second-order valence-electron chi connectivity index (χ2n) is 6.24. The van der Waals surface area contributed by atoms with Gasteiger partial charge in [-0.2, -0.15) is 5.10 Å². The predicted octanol–water partition coefficient (Wildman–Crippen LogP) is 0.673. The van der Waals surface area contributed by atoms with Crippen molar-refractivity contribution < 1.29 is 19.5 Å². The largest absolute Gasteiger partial charge is 0.494 e. The molecule has 4 N–H and O–H groups in total. The summed E-state index contributed by atoms with van der Waals surface area (Å²) in [6.07, 6.45) is 7.65. The summed E-state index contributed by atoms with van der Waals surface area (Å²) in [7, 11) is 0. The first kappa shape index (κ1) is 21.5. The molecule has 0 saturated heterocycles. The number of benzene rings is 1. The zero-order valence-corrected chi connectivity index (χ0v) is 16.3. The van der Waals surface area contributed by atoms with Crippen LogP contribution < -0.4 is 21.1 Å². The lowest BCUT2D eigenvalue weighted by Crippen LogP contribution is -2.31. The van der Waals surface area contributed by atoms with Crippen LogP contribution in [-0.4, -0.2) is 49.9 Å². The van der Waals surface area contributed by atoms with Crippen molar-refractivity contribution in [3.05, 3.63) is 76.5 Å². The molecule has 2 heterocycles. The number of hydrogen-bond donors (Lipinski definition) is 4. The highest BCUT2D eigenvalue weighted by Gasteiger charge is 2.12. The Kier molecular flexibility index (Phi) is 7.27. The fourth-order valence-electron chi connectivity index (χ4n) is 2.50. The van der Waals surface area contributed by atoms with E-state index in [1.54, 1.807) is 48.8 Å². The van der Waals surface area contributed by atoms with Gasteiger partial charge in [-0.1, -0.05) is 12.1 Å². The van der Waals surface area contributed by atoms with Gasteiger partial charge >= 0.3 is 0 Å². The molecule has 0 unspecified atom stereocenters. The van der Waals surface area contributed by atoms with E-state index in [1.807, 2.05) is 0 Å². The highest BCUT2D eigenvalue weighted by atomic mass is 16.5. The van der Waals surface area contributed by atoms with Crippen molar-refractivity contribution in [1.82, 2.24) is 30.5 Å². The van der Waals surface area contributed by atoms with E-state index in [4.69, 9.17) is 9.94 Å². The summed E-state index contributed by atoms with van der Waals surface area (Å²) in [4.78, 5) is 41.8. The number of hydrogen-bond acceptors (Lipinski definition) is 7. The molecule has 1 aromatic carbocycles. The Morgan fingerprint density at radius 2 is 2.06 bits per heavy atom. The van der Waals surface area contributed by atoms with Crippen LogP contribution in [0.4, 0.5) is 0 Å². The highest BCUT2D eigenvalue weighted by Crippen LogP contribution is 2.13. The topological polar surface area (TPSA) is 151 Å². The van der Waals surface area contributed by atoms with Gasteiger partial charge in [-0.15, -0.1) is 0 Å². The third kappa shape index (κ3) is 6.11. The molecule has 11 heteroatoms. The number of hydroxylamine groups is 1. The molecule has 3 aromatic rings. The molecule has 3 rings (SSSR count). The van der Waals surface area contributed by atoms with Gasteiger partial charge in [-0.05, 0) is 36.3 Å². The van der Waals surface area contributed by atoms with Crippen LogP contribution >= 0.6 is 0 Å². The van der Waals surface area contributed by atoms with Crippen molar-refractivity contribution in [3.8, 4) is 11.7 Å². The lowest BCUT2D eigenvalue weighted by molar-refractivity contribution is -0.124. The fraction of sp³-hybridized carbons (Fsp3) is 0.150. The van der Waals surface area contributed by atoms with E-state index in [1.165, 1.54) is 22.4 Å². The molecule has 0 spiro atoms. The molecule has 0 atom stereocenters. The van der Waals surface area contributed by atoms with E-state index in [-0.39, 0.29) is 11.5 Å². The maximum atomic E-state index is 12.2. The second kappa shape index (κ2) is 10.5. The number of carbonyl (C=O) groups is 2. The molecule has 0 aliphatic carbocycles. The van der Waals surface area contributed by atoms with Gasteiger partial charge in [0.1, 0.15) is 11.3 Å². The maximum Gasteiger partial charge on any atom is 0.267 e. The molecule has 0 aliphatic rings. The Morgan fingerprint density at radius 1 is 1.26 bits per heavy atom. The number of nitrogens with one attached hydrogen (secondary N) is 3. The summed E-state index contributed by atoms with van der Waals surface area (Å²) >= 11 is 0. The van der Waals surface area contributed by atoms with Crippen LogP contribution in [0.5, 0.6) is 5.75 Å². The van der Waals surface area contributed by atoms with Gasteiger partial charge < -0.3 is 10.1 Å². The Hall–Kier alpha value is -4.25. The zero-order chi connectivity index (χ0) is 22.1. The smallest absolute Gasteiger partial charge is 0.267 e. The quantitative estimate of drug-likeness (QED) is 0.171. The number of ether oxygens (including phenoxy) is 1. The Bertz CT molecular complexity index is 1110. The van der Waals surface area contributed by atoms with Crippen molar-refractivity contribution in [2.75, 3.05) is 13.2 Å². The third-order valence-electron chi connectivity index (χ3n) is 4.04. The van der Waals surface area contributed by atoms with Crippen LogP contribution in [0.25, 0.3) is 12.0 Å². The maximum absolute atomic E-state index is 12.2. The summed E-state index contributed by atoms with van der Waals surface area (Å²) in [6, 6.07) is 8.67. The van der Waals surface area contributed by atoms with E-state index in [9.17, 15) is 14.4 Å². The monoisotopic (exact) mass is 424 g/mol. The van der Waals surface area contributed by atoms with Crippen LogP contribution in [0, 0.1) is 0 Å².